The summed E-state index contributed by atoms with van der Waals surface area (Å²) >= 11 is 3.37. The predicted molar refractivity (Wildman–Crippen MR) is 94.4 cm³/mol. The number of benzene rings is 2. The van der Waals surface area contributed by atoms with Crippen molar-refractivity contribution in [3.63, 3.8) is 0 Å². The summed E-state index contributed by atoms with van der Waals surface area (Å²) in [7, 11) is 3.07. The van der Waals surface area contributed by atoms with Crippen LogP contribution in [0.15, 0.2) is 40.9 Å². The highest BCUT2D eigenvalue weighted by Gasteiger charge is 2.13. The van der Waals surface area contributed by atoms with Crippen LogP contribution in [0.2, 0.25) is 0 Å². The number of esters is 1. The van der Waals surface area contributed by atoms with E-state index in [9.17, 15) is 9.59 Å². The number of rotatable bonds is 8. The van der Waals surface area contributed by atoms with Crippen molar-refractivity contribution in [2.24, 2.45) is 0 Å². The van der Waals surface area contributed by atoms with E-state index in [1.807, 2.05) is 0 Å². The van der Waals surface area contributed by atoms with E-state index in [0.29, 0.717) is 34.7 Å². The molecule has 0 amide bonds. The van der Waals surface area contributed by atoms with Gasteiger partial charge in [0.05, 0.1) is 24.3 Å². The molecule has 0 aliphatic heterocycles. The van der Waals surface area contributed by atoms with Crippen molar-refractivity contribution in [2.75, 3.05) is 20.8 Å². The van der Waals surface area contributed by atoms with E-state index >= 15 is 0 Å². The summed E-state index contributed by atoms with van der Waals surface area (Å²) in [5, 5.41) is 0. The molecule has 0 heterocycles. The molecule has 132 valence electrons. The average Bonchev–Trinajstić information content (AvgIpc) is 2.65. The van der Waals surface area contributed by atoms with Gasteiger partial charge in [-0.1, -0.05) is 12.1 Å². The van der Waals surface area contributed by atoms with E-state index in [2.05, 4.69) is 15.9 Å². The Labute approximate surface area is 153 Å². The van der Waals surface area contributed by atoms with Gasteiger partial charge in [-0.3, -0.25) is 4.79 Å². The van der Waals surface area contributed by atoms with Crippen molar-refractivity contribution in [3.8, 4) is 17.2 Å². The molecule has 2 aromatic rings. The zero-order valence-corrected chi connectivity index (χ0v) is 15.4. The van der Waals surface area contributed by atoms with Crippen molar-refractivity contribution in [1.82, 2.24) is 0 Å². The molecule has 0 aliphatic rings. The van der Waals surface area contributed by atoms with Gasteiger partial charge in [0.15, 0.2) is 12.9 Å². The highest BCUT2D eigenvalue weighted by atomic mass is 79.9. The largest absolute Gasteiger partial charge is 0.496 e. The molecule has 0 saturated carbocycles. The van der Waals surface area contributed by atoms with Gasteiger partial charge in [-0.25, -0.2) is 4.79 Å². The number of hydrogen-bond acceptors (Lipinski definition) is 6. The molecule has 0 N–H and O–H groups in total. The Bertz CT molecular complexity index is 759. The number of methoxy groups -OCH3 is 2. The Balaban J connectivity index is 1.97. The molecule has 0 spiro atoms. The SMILES string of the molecule is COc1cc(COC(=O)COc2ccccc2C=O)c(OC)cc1Br. The molecule has 2 aromatic carbocycles. The van der Waals surface area contributed by atoms with Gasteiger partial charge in [-0.05, 0) is 40.2 Å². The third-order valence-electron chi connectivity index (χ3n) is 3.34. The molecule has 0 saturated heterocycles. The fourth-order valence-electron chi connectivity index (χ4n) is 2.08. The van der Waals surface area contributed by atoms with Crippen LogP contribution in [-0.4, -0.2) is 33.1 Å². The lowest BCUT2D eigenvalue weighted by molar-refractivity contribution is -0.147. The highest BCUT2D eigenvalue weighted by Crippen LogP contribution is 2.33. The van der Waals surface area contributed by atoms with E-state index in [1.54, 1.807) is 43.5 Å². The lowest BCUT2D eigenvalue weighted by Crippen LogP contribution is -2.15. The smallest absolute Gasteiger partial charge is 0.344 e. The number of ether oxygens (including phenoxy) is 4. The summed E-state index contributed by atoms with van der Waals surface area (Å²) in [6, 6.07) is 10.1. The van der Waals surface area contributed by atoms with Gasteiger partial charge in [0.1, 0.15) is 23.9 Å². The van der Waals surface area contributed by atoms with Crippen LogP contribution in [0.1, 0.15) is 15.9 Å². The van der Waals surface area contributed by atoms with Crippen molar-refractivity contribution in [2.45, 2.75) is 6.61 Å². The Morgan fingerprint density at radius 3 is 2.48 bits per heavy atom. The van der Waals surface area contributed by atoms with E-state index in [1.165, 1.54) is 7.11 Å². The molecular weight excluding hydrogens is 392 g/mol. The minimum atomic E-state index is -0.565. The van der Waals surface area contributed by atoms with Crippen LogP contribution in [0.5, 0.6) is 17.2 Å². The van der Waals surface area contributed by atoms with Crippen molar-refractivity contribution in [3.05, 3.63) is 52.0 Å². The summed E-state index contributed by atoms with van der Waals surface area (Å²) in [6.45, 7) is -0.300. The first-order valence-corrected chi connectivity index (χ1v) is 8.11. The molecular formula is C18H17BrO6. The third-order valence-corrected chi connectivity index (χ3v) is 3.95. The zero-order valence-electron chi connectivity index (χ0n) is 13.8. The molecule has 25 heavy (non-hydrogen) atoms. The van der Waals surface area contributed by atoms with Crippen LogP contribution < -0.4 is 14.2 Å². The molecule has 7 heteroatoms. The quantitative estimate of drug-likeness (QED) is 0.492. The highest BCUT2D eigenvalue weighted by molar-refractivity contribution is 9.10. The standard InChI is InChI=1S/C18H17BrO6/c1-22-16-8-14(19)17(23-2)7-13(16)10-25-18(21)11-24-15-6-4-3-5-12(15)9-20/h3-9H,10-11H2,1-2H3. The first-order chi connectivity index (χ1) is 12.1. The van der Waals surface area contributed by atoms with Crippen LogP contribution in [0.3, 0.4) is 0 Å². The van der Waals surface area contributed by atoms with Gasteiger partial charge in [-0.2, -0.15) is 0 Å². The summed E-state index contributed by atoms with van der Waals surface area (Å²) in [5.41, 5.74) is 1.03. The predicted octanol–water partition coefficient (Wildman–Crippen LogP) is 3.40. The average molecular weight is 409 g/mol. The second-order valence-electron chi connectivity index (χ2n) is 4.90. The molecule has 0 bridgehead atoms. The summed E-state index contributed by atoms with van der Waals surface area (Å²) < 4.78 is 21.8. The van der Waals surface area contributed by atoms with Crippen LogP contribution >= 0.6 is 15.9 Å². The van der Waals surface area contributed by atoms with E-state index in [-0.39, 0.29) is 13.2 Å². The maximum absolute atomic E-state index is 11.9. The number of aldehydes is 1. The molecule has 0 unspecified atom stereocenters. The maximum atomic E-state index is 11.9. The van der Waals surface area contributed by atoms with E-state index in [4.69, 9.17) is 18.9 Å². The first-order valence-electron chi connectivity index (χ1n) is 7.32. The van der Waals surface area contributed by atoms with Gasteiger partial charge in [0.25, 0.3) is 0 Å². The monoisotopic (exact) mass is 408 g/mol. The molecule has 0 radical (unpaired) electrons. The fourth-order valence-corrected chi connectivity index (χ4v) is 2.57. The van der Waals surface area contributed by atoms with Crippen molar-refractivity contribution in [1.29, 1.82) is 0 Å². The molecule has 2 rings (SSSR count). The van der Waals surface area contributed by atoms with Crippen LogP contribution in [0.25, 0.3) is 0 Å². The van der Waals surface area contributed by atoms with Gasteiger partial charge in [0.2, 0.25) is 0 Å². The number of carbonyl (C=O) groups excluding carboxylic acids is 2. The summed E-state index contributed by atoms with van der Waals surface area (Å²) in [5.74, 6) is 0.928. The van der Waals surface area contributed by atoms with Crippen molar-refractivity contribution < 1.29 is 28.5 Å². The Morgan fingerprint density at radius 2 is 1.80 bits per heavy atom. The van der Waals surface area contributed by atoms with Gasteiger partial charge in [0, 0.05) is 5.56 Å². The second-order valence-corrected chi connectivity index (χ2v) is 5.76. The Hall–Kier alpha value is -2.54. The fraction of sp³-hybridized carbons (Fsp3) is 0.222. The Morgan fingerprint density at radius 1 is 1.08 bits per heavy atom. The molecule has 6 nitrogen and oxygen atoms in total. The minimum absolute atomic E-state index is 0.00430. The van der Waals surface area contributed by atoms with Gasteiger partial charge < -0.3 is 18.9 Å². The topological polar surface area (TPSA) is 71.1 Å². The molecule has 0 atom stereocenters. The lowest BCUT2D eigenvalue weighted by Gasteiger charge is -2.13. The summed E-state index contributed by atoms with van der Waals surface area (Å²) in [6.07, 6.45) is 0.666. The van der Waals surface area contributed by atoms with Crippen LogP contribution in [-0.2, 0) is 16.1 Å². The molecule has 0 fully saturated rings. The maximum Gasteiger partial charge on any atom is 0.344 e. The number of para-hydroxylation sites is 1. The second kappa shape index (κ2) is 9.08. The number of hydrogen-bond donors (Lipinski definition) is 0. The number of carbonyl (C=O) groups is 2. The molecule has 0 aliphatic carbocycles. The van der Waals surface area contributed by atoms with Crippen LogP contribution in [0, 0.1) is 0 Å². The summed E-state index contributed by atoms with van der Waals surface area (Å²) in [4.78, 5) is 22.8. The Kier molecular flexibility index (Phi) is 6.82. The molecule has 0 aromatic heterocycles. The minimum Gasteiger partial charge on any atom is -0.496 e. The lowest BCUT2D eigenvalue weighted by atomic mass is 10.2. The van der Waals surface area contributed by atoms with Crippen LogP contribution in [0.4, 0.5) is 0 Å². The zero-order chi connectivity index (χ0) is 18.2. The number of halogens is 1. The van der Waals surface area contributed by atoms with E-state index in [0.717, 1.165) is 4.47 Å². The van der Waals surface area contributed by atoms with E-state index < -0.39 is 5.97 Å². The van der Waals surface area contributed by atoms with Crippen molar-refractivity contribution >= 4 is 28.2 Å². The van der Waals surface area contributed by atoms with Gasteiger partial charge in [-0.15, -0.1) is 0 Å². The normalized spacial score (nSPS) is 10.0. The third kappa shape index (κ3) is 4.96. The van der Waals surface area contributed by atoms with Gasteiger partial charge >= 0.3 is 5.97 Å². The first kappa shape index (κ1) is 18.8.